The molecule has 1 aliphatic rings. The summed E-state index contributed by atoms with van der Waals surface area (Å²) in [4.78, 5) is 21.4. The zero-order chi connectivity index (χ0) is 11.7. The van der Waals surface area contributed by atoms with Gasteiger partial charge in [-0.25, -0.2) is 4.79 Å². The molecular weight excluding hydrogens is 194 g/mol. The van der Waals surface area contributed by atoms with Crippen molar-refractivity contribution in [1.82, 2.24) is 0 Å². The molecule has 0 radical (unpaired) electrons. The largest absolute Gasteiger partial charge is 0.442 e. The third-order valence-electron chi connectivity index (χ3n) is 1.91. The molecule has 0 aliphatic heterocycles. The topological polar surface area (TPSA) is 69.4 Å². The number of allylic oxidation sites excluding steroid dienone is 1. The normalized spacial score (nSPS) is 22.8. The van der Waals surface area contributed by atoms with Crippen LogP contribution in [0.1, 0.15) is 39.5 Å². The average molecular weight is 213 g/mol. The number of hydrogen-bond acceptors (Lipinski definition) is 3. The van der Waals surface area contributed by atoms with Crippen LogP contribution >= 0.6 is 0 Å². The van der Waals surface area contributed by atoms with E-state index in [4.69, 9.17) is 10.5 Å². The molecule has 0 saturated carbocycles. The highest BCUT2D eigenvalue weighted by Crippen LogP contribution is 2.11. The van der Waals surface area contributed by atoms with Crippen molar-refractivity contribution in [2.75, 3.05) is 0 Å². The summed E-state index contributed by atoms with van der Waals surface area (Å²) in [6.45, 7) is 4.00. The van der Waals surface area contributed by atoms with E-state index in [-0.39, 0.29) is 11.9 Å². The summed E-state index contributed by atoms with van der Waals surface area (Å²) in [6.07, 6.45) is 4.84. The predicted molar refractivity (Wildman–Crippen MR) is 58.4 cm³/mol. The van der Waals surface area contributed by atoms with Gasteiger partial charge in [0.25, 0.3) is 0 Å². The first kappa shape index (κ1) is 13.7. The van der Waals surface area contributed by atoms with Crippen LogP contribution in [0.2, 0.25) is 0 Å². The minimum absolute atomic E-state index is 0.230. The van der Waals surface area contributed by atoms with Gasteiger partial charge < -0.3 is 10.5 Å². The summed E-state index contributed by atoms with van der Waals surface area (Å²) in [5.41, 5.74) is 4.88. The van der Waals surface area contributed by atoms with Gasteiger partial charge in [-0.1, -0.05) is 19.9 Å². The Balaban J connectivity index is 0.000000921. The molecule has 86 valence electrons. The average Bonchev–Trinajstić information content (AvgIpc) is 2.16. The van der Waals surface area contributed by atoms with Gasteiger partial charge in [-0.05, 0) is 18.9 Å². The molecule has 0 aromatic heterocycles. The molecule has 15 heavy (non-hydrogen) atoms. The Hall–Kier alpha value is -1.32. The highest BCUT2D eigenvalue weighted by molar-refractivity contribution is 5.79. The molecular formula is C11H19NO3. The second-order valence-electron chi connectivity index (χ2n) is 3.04. The van der Waals surface area contributed by atoms with E-state index >= 15 is 0 Å². The van der Waals surface area contributed by atoms with Gasteiger partial charge in [0.05, 0.1) is 0 Å². The molecule has 1 atom stereocenters. The summed E-state index contributed by atoms with van der Waals surface area (Å²) in [7, 11) is 0. The Morgan fingerprint density at radius 3 is 2.80 bits per heavy atom. The lowest BCUT2D eigenvalue weighted by Gasteiger charge is -2.13. The van der Waals surface area contributed by atoms with Crippen molar-refractivity contribution >= 4 is 11.9 Å². The Morgan fingerprint density at radius 1 is 1.53 bits per heavy atom. The quantitative estimate of drug-likeness (QED) is 0.679. The number of ketones is 1. The van der Waals surface area contributed by atoms with Crippen LogP contribution in [-0.2, 0) is 9.53 Å². The van der Waals surface area contributed by atoms with Gasteiger partial charge in [0.15, 0.2) is 0 Å². The maximum atomic E-state index is 11.0. The smallest absolute Gasteiger partial charge is 0.405 e. The first-order valence-electron chi connectivity index (χ1n) is 5.33. The number of nitrogens with two attached hydrogens (primary N) is 1. The lowest BCUT2D eigenvalue weighted by molar-refractivity contribution is -0.118. The summed E-state index contributed by atoms with van der Waals surface area (Å²) in [6, 6.07) is 0. The fourth-order valence-corrected chi connectivity index (χ4v) is 1.30. The predicted octanol–water partition coefficient (Wildman–Crippen LogP) is 2.18. The fraction of sp³-hybridized carbons (Fsp3) is 0.636. The van der Waals surface area contributed by atoms with Crippen molar-refractivity contribution in [2.45, 2.75) is 45.6 Å². The van der Waals surface area contributed by atoms with Gasteiger partial charge in [0.1, 0.15) is 11.9 Å². The van der Waals surface area contributed by atoms with Crippen LogP contribution in [0.5, 0.6) is 0 Å². The molecule has 1 aliphatic carbocycles. The van der Waals surface area contributed by atoms with Crippen LogP contribution in [0.3, 0.4) is 0 Å². The monoisotopic (exact) mass is 213 g/mol. The van der Waals surface area contributed by atoms with Crippen LogP contribution in [0.15, 0.2) is 12.2 Å². The zero-order valence-corrected chi connectivity index (χ0v) is 9.36. The van der Waals surface area contributed by atoms with E-state index < -0.39 is 6.09 Å². The summed E-state index contributed by atoms with van der Waals surface area (Å²) < 4.78 is 4.80. The minimum atomic E-state index is -0.762. The molecule has 0 spiro atoms. The molecule has 0 fully saturated rings. The third-order valence-corrected chi connectivity index (χ3v) is 1.91. The first-order chi connectivity index (χ1) is 7.18. The lowest BCUT2D eigenvalue weighted by Crippen LogP contribution is -2.22. The number of carbonyl (C=O) groups is 2. The number of amides is 1. The molecule has 1 amide bonds. The van der Waals surface area contributed by atoms with Crippen LogP contribution in [0.4, 0.5) is 4.79 Å². The van der Waals surface area contributed by atoms with Gasteiger partial charge in [-0.3, -0.25) is 4.79 Å². The number of hydrogen-bond donors (Lipinski definition) is 1. The van der Waals surface area contributed by atoms with Crippen LogP contribution in [0, 0.1) is 0 Å². The second-order valence-corrected chi connectivity index (χ2v) is 3.04. The van der Waals surface area contributed by atoms with Gasteiger partial charge in [-0.2, -0.15) is 0 Å². The standard InChI is InChI=1S/C9H13NO3.C2H6/c10-9(12)13-8-5-1-3-7(11)4-2-6-8;1-2/h1,5,8H,2-4,6H2,(H2,10,12);1-2H3/b5-1+;. The Bertz CT molecular complexity index is 236. The second kappa shape index (κ2) is 8.03. The van der Waals surface area contributed by atoms with Crippen molar-refractivity contribution < 1.29 is 14.3 Å². The summed E-state index contributed by atoms with van der Waals surface area (Å²) in [5.74, 6) is 0.230. The van der Waals surface area contributed by atoms with Crippen molar-refractivity contribution in [3.63, 3.8) is 0 Å². The van der Waals surface area contributed by atoms with Gasteiger partial charge in [0.2, 0.25) is 0 Å². The van der Waals surface area contributed by atoms with E-state index in [0.717, 1.165) is 6.42 Å². The summed E-state index contributed by atoms with van der Waals surface area (Å²) in [5, 5.41) is 0. The third kappa shape index (κ3) is 6.71. The summed E-state index contributed by atoms with van der Waals surface area (Å²) >= 11 is 0. The Kier molecular flexibility index (Phi) is 7.32. The molecule has 0 heterocycles. The maximum absolute atomic E-state index is 11.0. The molecule has 0 aromatic carbocycles. The maximum Gasteiger partial charge on any atom is 0.405 e. The molecule has 4 heteroatoms. The molecule has 0 bridgehead atoms. The lowest BCUT2D eigenvalue weighted by atomic mass is 10.0. The highest BCUT2D eigenvalue weighted by Gasteiger charge is 2.12. The number of ether oxygens (including phenoxy) is 1. The van der Waals surface area contributed by atoms with Crippen molar-refractivity contribution in [1.29, 1.82) is 0 Å². The van der Waals surface area contributed by atoms with E-state index in [1.54, 1.807) is 12.2 Å². The van der Waals surface area contributed by atoms with Gasteiger partial charge in [0, 0.05) is 12.8 Å². The number of Topliss-reactive ketones (excluding diaryl/α,β-unsaturated/α-hetero) is 1. The first-order valence-corrected chi connectivity index (χ1v) is 5.33. The molecule has 1 rings (SSSR count). The van der Waals surface area contributed by atoms with Crippen molar-refractivity contribution in [2.24, 2.45) is 5.73 Å². The van der Waals surface area contributed by atoms with E-state index in [0.29, 0.717) is 19.3 Å². The van der Waals surface area contributed by atoms with Gasteiger partial charge in [-0.15, -0.1) is 0 Å². The van der Waals surface area contributed by atoms with E-state index in [1.807, 2.05) is 13.8 Å². The van der Waals surface area contributed by atoms with E-state index in [9.17, 15) is 9.59 Å². The Labute approximate surface area is 90.5 Å². The highest BCUT2D eigenvalue weighted by atomic mass is 16.6. The molecule has 1 unspecified atom stereocenters. The van der Waals surface area contributed by atoms with Crippen molar-refractivity contribution in [3.05, 3.63) is 12.2 Å². The minimum Gasteiger partial charge on any atom is -0.442 e. The number of carbonyl (C=O) groups excluding carboxylic acids is 2. The molecule has 0 aromatic rings. The molecule has 0 saturated heterocycles. The van der Waals surface area contributed by atoms with Gasteiger partial charge >= 0.3 is 6.09 Å². The Morgan fingerprint density at radius 2 is 2.20 bits per heavy atom. The number of rotatable bonds is 1. The van der Waals surface area contributed by atoms with E-state index in [1.165, 1.54) is 0 Å². The molecule has 2 N–H and O–H groups in total. The van der Waals surface area contributed by atoms with Crippen molar-refractivity contribution in [3.8, 4) is 0 Å². The van der Waals surface area contributed by atoms with Crippen LogP contribution < -0.4 is 5.73 Å². The fourth-order valence-electron chi connectivity index (χ4n) is 1.30. The molecule has 4 nitrogen and oxygen atoms in total. The SMILES string of the molecule is CC.NC(=O)OC1/C=C/CC(=O)CCC1. The number of primary amides is 1. The van der Waals surface area contributed by atoms with Crippen LogP contribution in [0.25, 0.3) is 0 Å². The zero-order valence-electron chi connectivity index (χ0n) is 9.36. The van der Waals surface area contributed by atoms with Crippen LogP contribution in [-0.4, -0.2) is 18.0 Å². The van der Waals surface area contributed by atoms with E-state index in [2.05, 4.69) is 0 Å².